The van der Waals surface area contributed by atoms with E-state index in [9.17, 15) is 9.18 Å². The van der Waals surface area contributed by atoms with Crippen LogP contribution in [0, 0.1) is 10.6 Å². The third-order valence-corrected chi connectivity index (χ3v) is 4.07. The van der Waals surface area contributed by atoms with Gasteiger partial charge in [-0.3, -0.25) is 14.5 Å². The molecule has 2 aromatic carbocycles. The van der Waals surface area contributed by atoms with Gasteiger partial charge in [-0.15, -0.1) is 0 Å². The van der Waals surface area contributed by atoms with Gasteiger partial charge in [0.15, 0.2) is 10.6 Å². The Kier molecular flexibility index (Phi) is 5.35. The van der Waals surface area contributed by atoms with Gasteiger partial charge in [0.2, 0.25) is 5.91 Å². The molecule has 0 bridgehead atoms. The van der Waals surface area contributed by atoms with E-state index in [4.69, 9.17) is 12.2 Å². The predicted octanol–water partition coefficient (Wildman–Crippen LogP) is 3.45. The zero-order valence-electron chi connectivity index (χ0n) is 13.4. The van der Waals surface area contributed by atoms with E-state index in [-0.39, 0.29) is 18.1 Å². The van der Waals surface area contributed by atoms with E-state index < -0.39 is 0 Å². The maximum atomic E-state index is 13.1. The molecule has 0 spiro atoms. The van der Waals surface area contributed by atoms with Crippen molar-refractivity contribution in [3.05, 3.63) is 70.7 Å². The standard InChI is InChI=1S/C18H17FN4OS/c19-15-8-6-14(7-9-15)17-21-22-18(25)23(17)11-10-16(24)20-12-13-4-2-1-3-5-13/h1-9H,10-12H2,(H,20,24)(H,22,25). The van der Waals surface area contributed by atoms with Gasteiger partial charge in [0, 0.05) is 25.1 Å². The minimum Gasteiger partial charge on any atom is -0.352 e. The third kappa shape index (κ3) is 4.39. The predicted molar refractivity (Wildman–Crippen MR) is 95.7 cm³/mol. The zero-order chi connectivity index (χ0) is 17.6. The van der Waals surface area contributed by atoms with Gasteiger partial charge < -0.3 is 5.32 Å². The minimum absolute atomic E-state index is 0.0722. The van der Waals surface area contributed by atoms with Crippen molar-refractivity contribution in [2.24, 2.45) is 0 Å². The zero-order valence-corrected chi connectivity index (χ0v) is 14.2. The summed E-state index contributed by atoms with van der Waals surface area (Å²) in [6.07, 6.45) is 0.273. The highest BCUT2D eigenvalue weighted by atomic mass is 32.1. The molecule has 3 aromatic rings. The Bertz CT molecular complexity index is 903. The number of carbonyl (C=O) groups excluding carboxylic acids is 1. The van der Waals surface area contributed by atoms with Gasteiger partial charge in [-0.25, -0.2) is 4.39 Å². The first kappa shape index (κ1) is 17.0. The van der Waals surface area contributed by atoms with Crippen LogP contribution in [0.2, 0.25) is 0 Å². The van der Waals surface area contributed by atoms with Crippen LogP contribution in [-0.4, -0.2) is 20.7 Å². The number of aromatic amines is 1. The molecule has 1 aromatic heterocycles. The lowest BCUT2D eigenvalue weighted by Crippen LogP contribution is -2.24. The first-order valence-corrected chi connectivity index (χ1v) is 8.26. The Hall–Kier alpha value is -2.80. The van der Waals surface area contributed by atoms with Crippen molar-refractivity contribution in [1.29, 1.82) is 0 Å². The number of amides is 1. The Morgan fingerprint density at radius 2 is 1.88 bits per heavy atom. The van der Waals surface area contributed by atoms with Crippen LogP contribution >= 0.6 is 12.2 Å². The number of nitrogens with one attached hydrogen (secondary N) is 2. The molecule has 128 valence electrons. The normalized spacial score (nSPS) is 10.6. The van der Waals surface area contributed by atoms with Crippen molar-refractivity contribution < 1.29 is 9.18 Å². The van der Waals surface area contributed by atoms with E-state index in [1.807, 2.05) is 30.3 Å². The monoisotopic (exact) mass is 356 g/mol. The fraction of sp³-hybridized carbons (Fsp3) is 0.167. The summed E-state index contributed by atoms with van der Waals surface area (Å²) in [5.41, 5.74) is 1.78. The summed E-state index contributed by atoms with van der Waals surface area (Å²) in [5.74, 6) is 0.197. The van der Waals surface area contributed by atoms with E-state index in [0.29, 0.717) is 23.7 Å². The fourth-order valence-corrected chi connectivity index (χ4v) is 2.67. The minimum atomic E-state index is -0.315. The molecule has 0 aliphatic carbocycles. The molecule has 0 unspecified atom stereocenters. The maximum absolute atomic E-state index is 13.1. The molecule has 7 heteroatoms. The van der Waals surface area contributed by atoms with Crippen LogP contribution < -0.4 is 5.32 Å². The highest BCUT2D eigenvalue weighted by Crippen LogP contribution is 2.18. The second-order valence-corrected chi connectivity index (χ2v) is 5.91. The van der Waals surface area contributed by atoms with Gasteiger partial charge in [0.1, 0.15) is 5.82 Å². The summed E-state index contributed by atoms with van der Waals surface area (Å²) >= 11 is 5.23. The van der Waals surface area contributed by atoms with E-state index in [1.54, 1.807) is 16.7 Å². The second kappa shape index (κ2) is 7.85. The number of aromatic nitrogens is 3. The molecule has 3 rings (SSSR count). The number of hydrogen-bond acceptors (Lipinski definition) is 3. The van der Waals surface area contributed by atoms with Crippen molar-refractivity contribution in [3.63, 3.8) is 0 Å². The van der Waals surface area contributed by atoms with Gasteiger partial charge in [-0.05, 0) is 42.0 Å². The van der Waals surface area contributed by atoms with Crippen molar-refractivity contribution in [2.75, 3.05) is 0 Å². The van der Waals surface area contributed by atoms with Crippen molar-refractivity contribution in [1.82, 2.24) is 20.1 Å². The SMILES string of the molecule is O=C(CCn1c(-c2ccc(F)cc2)n[nH]c1=S)NCc1ccccc1. The molecule has 0 aliphatic heterocycles. The molecule has 0 saturated heterocycles. The molecule has 0 saturated carbocycles. The molecule has 1 heterocycles. The van der Waals surface area contributed by atoms with Gasteiger partial charge in [0.05, 0.1) is 0 Å². The van der Waals surface area contributed by atoms with Crippen molar-refractivity contribution in [3.8, 4) is 11.4 Å². The number of H-pyrrole nitrogens is 1. The van der Waals surface area contributed by atoms with E-state index >= 15 is 0 Å². The van der Waals surface area contributed by atoms with Crippen molar-refractivity contribution >= 4 is 18.1 Å². The Labute approximate surface area is 149 Å². The fourth-order valence-electron chi connectivity index (χ4n) is 2.44. The van der Waals surface area contributed by atoms with Crippen LogP contribution in [0.5, 0.6) is 0 Å². The molecule has 0 atom stereocenters. The van der Waals surface area contributed by atoms with Crippen LogP contribution in [-0.2, 0) is 17.9 Å². The first-order chi connectivity index (χ1) is 12.1. The molecule has 5 nitrogen and oxygen atoms in total. The first-order valence-electron chi connectivity index (χ1n) is 7.85. The van der Waals surface area contributed by atoms with Gasteiger partial charge in [-0.1, -0.05) is 30.3 Å². The lowest BCUT2D eigenvalue weighted by Gasteiger charge is -2.08. The summed E-state index contributed by atoms with van der Waals surface area (Å²) < 4.78 is 15.2. The second-order valence-electron chi connectivity index (χ2n) is 5.52. The van der Waals surface area contributed by atoms with E-state index in [0.717, 1.165) is 11.1 Å². The molecule has 0 fully saturated rings. The quantitative estimate of drug-likeness (QED) is 0.665. The number of hydrogen-bond donors (Lipinski definition) is 2. The Morgan fingerprint density at radius 1 is 1.16 bits per heavy atom. The van der Waals surface area contributed by atoms with Gasteiger partial charge in [0.25, 0.3) is 0 Å². The number of benzene rings is 2. The Morgan fingerprint density at radius 3 is 2.60 bits per heavy atom. The number of carbonyl (C=O) groups is 1. The molecule has 2 N–H and O–H groups in total. The lowest BCUT2D eigenvalue weighted by molar-refractivity contribution is -0.121. The number of nitrogens with zero attached hydrogens (tertiary/aromatic N) is 2. The van der Waals surface area contributed by atoms with Crippen LogP contribution in [0.1, 0.15) is 12.0 Å². The average molecular weight is 356 g/mol. The highest BCUT2D eigenvalue weighted by molar-refractivity contribution is 7.71. The lowest BCUT2D eigenvalue weighted by atomic mass is 10.2. The molecular formula is C18H17FN4OS. The smallest absolute Gasteiger partial charge is 0.222 e. The molecular weight excluding hydrogens is 339 g/mol. The summed E-state index contributed by atoms with van der Waals surface area (Å²) in [6.45, 7) is 0.879. The van der Waals surface area contributed by atoms with Gasteiger partial charge in [-0.2, -0.15) is 5.10 Å². The molecule has 1 amide bonds. The largest absolute Gasteiger partial charge is 0.352 e. The van der Waals surface area contributed by atoms with Crippen LogP contribution in [0.25, 0.3) is 11.4 Å². The van der Waals surface area contributed by atoms with E-state index in [1.165, 1.54) is 12.1 Å². The van der Waals surface area contributed by atoms with Crippen molar-refractivity contribution in [2.45, 2.75) is 19.5 Å². The van der Waals surface area contributed by atoms with Crippen LogP contribution in [0.15, 0.2) is 54.6 Å². The maximum Gasteiger partial charge on any atom is 0.222 e. The van der Waals surface area contributed by atoms with Gasteiger partial charge >= 0.3 is 0 Å². The third-order valence-electron chi connectivity index (χ3n) is 3.76. The molecule has 0 aliphatic rings. The Balaban J connectivity index is 1.63. The number of rotatable bonds is 6. The van der Waals surface area contributed by atoms with Crippen LogP contribution in [0.4, 0.5) is 4.39 Å². The summed E-state index contributed by atoms with van der Waals surface area (Å²) in [6, 6.07) is 15.7. The summed E-state index contributed by atoms with van der Waals surface area (Å²) in [4.78, 5) is 12.1. The molecule has 25 heavy (non-hydrogen) atoms. The summed E-state index contributed by atoms with van der Waals surface area (Å²) in [5, 5.41) is 9.78. The number of halogens is 1. The molecule has 0 radical (unpaired) electrons. The summed E-state index contributed by atoms with van der Waals surface area (Å²) in [7, 11) is 0. The topological polar surface area (TPSA) is 62.7 Å². The van der Waals surface area contributed by atoms with E-state index in [2.05, 4.69) is 15.5 Å². The highest BCUT2D eigenvalue weighted by Gasteiger charge is 2.10. The van der Waals surface area contributed by atoms with Crippen LogP contribution in [0.3, 0.4) is 0 Å². The average Bonchev–Trinajstić information content (AvgIpc) is 3.00.